The van der Waals surface area contributed by atoms with E-state index in [1.807, 2.05) is 0 Å². The van der Waals surface area contributed by atoms with Crippen LogP contribution < -0.4 is 15.5 Å². The van der Waals surface area contributed by atoms with Crippen molar-refractivity contribution < 1.29 is 36.7 Å². The average Bonchev–Trinajstić information content (AvgIpc) is 2.87. The summed E-state index contributed by atoms with van der Waals surface area (Å²) in [5, 5.41) is 2.57. The minimum atomic E-state index is -4.58. The quantitative estimate of drug-likeness (QED) is 0.365. The zero-order valence-corrected chi connectivity index (χ0v) is 18.9. The van der Waals surface area contributed by atoms with Crippen LogP contribution in [0.25, 0.3) is 22.1 Å². The topological polar surface area (TPSA) is 94.8 Å². The van der Waals surface area contributed by atoms with E-state index in [-0.39, 0.29) is 33.3 Å². The first-order valence-corrected chi connectivity index (χ1v) is 10.4. The fourth-order valence-electron chi connectivity index (χ4n) is 3.53. The van der Waals surface area contributed by atoms with Gasteiger partial charge in [-0.15, -0.1) is 0 Å². The Morgan fingerprint density at radius 3 is 2.28 bits per heavy atom. The van der Waals surface area contributed by atoms with Crippen LogP contribution in [-0.4, -0.2) is 26.1 Å². The van der Waals surface area contributed by atoms with Gasteiger partial charge in [0.25, 0.3) is 5.91 Å². The molecule has 0 fully saturated rings. The molecule has 0 aliphatic rings. The molecule has 10 heteroatoms. The van der Waals surface area contributed by atoms with Gasteiger partial charge in [0.2, 0.25) is 5.76 Å². The number of ether oxygens (including phenoxy) is 2. The van der Waals surface area contributed by atoms with E-state index in [1.165, 1.54) is 43.5 Å². The molecular weight excluding hydrogens is 479 g/mol. The molecule has 0 unspecified atom stereocenters. The Hall–Kier alpha value is -4.60. The molecule has 1 N–H and O–H groups in total. The van der Waals surface area contributed by atoms with E-state index < -0.39 is 34.8 Å². The summed E-state index contributed by atoms with van der Waals surface area (Å²) in [6, 6.07) is 14.3. The molecule has 4 rings (SSSR count). The van der Waals surface area contributed by atoms with Gasteiger partial charge < -0.3 is 19.2 Å². The molecular formula is C26H18F3NO6. The number of amides is 1. The highest BCUT2D eigenvalue weighted by Gasteiger charge is 2.30. The molecule has 0 bridgehead atoms. The lowest BCUT2D eigenvalue weighted by molar-refractivity contribution is -0.137. The number of nitrogens with one attached hydrogen (secondary N) is 1. The van der Waals surface area contributed by atoms with Crippen LogP contribution in [0.2, 0.25) is 0 Å². The van der Waals surface area contributed by atoms with Crippen molar-refractivity contribution in [1.82, 2.24) is 0 Å². The van der Waals surface area contributed by atoms with Crippen molar-refractivity contribution in [1.29, 1.82) is 0 Å². The minimum absolute atomic E-state index is 0.0245. The van der Waals surface area contributed by atoms with Gasteiger partial charge in [0.1, 0.15) is 5.75 Å². The molecule has 1 amide bonds. The smallest absolute Gasteiger partial charge is 0.416 e. The Balaban J connectivity index is 1.89. The summed E-state index contributed by atoms with van der Waals surface area (Å²) in [7, 11) is 2.58. The summed E-state index contributed by atoms with van der Waals surface area (Å²) in [5.41, 5.74) is -1.08. The summed E-state index contributed by atoms with van der Waals surface area (Å²) in [4.78, 5) is 37.8. The van der Waals surface area contributed by atoms with Crippen LogP contribution in [0.3, 0.4) is 0 Å². The number of methoxy groups -OCH3 is 2. The molecule has 4 aromatic rings. The third-order valence-corrected chi connectivity index (χ3v) is 5.34. The molecule has 0 radical (unpaired) electrons. The Morgan fingerprint density at radius 2 is 1.64 bits per heavy atom. The Labute approximate surface area is 202 Å². The lowest BCUT2D eigenvalue weighted by Crippen LogP contribution is -2.14. The summed E-state index contributed by atoms with van der Waals surface area (Å²) in [6.07, 6.45) is -4.58. The van der Waals surface area contributed by atoms with Crippen molar-refractivity contribution in [3.8, 4) is 16.9 Å². The van der Waals surface area contributed by atoms with Crippen molar-refractivity contribution in [3.05, 3.63) is 93.8 Å². The number of anilines is 1. The lowest BCUT2D eigenvalue weighted by atomic mass is 10.00. The van der Waals surface area contributed by atoms with Gasteiger partial charge in [0, 0.05) is 11.6 Å². The average molecular weight is 497 g/mol. The highest BCUT2D eigenvalue weighted by atomic mass is 19.4. The van der Waals surface area contributed by atoms with Gasteiger partial charge in [-0.25, -0.2) is 4.79 Å². The van der Waals surface area contributed by atoms with Gasteiger partial charge >= 0.3 is 12.1 Å². The number of alkyl halides is 3. The van der Waals surface area contributed by atoms with Gasteiger partial charge in [-0.05, 0) is 59.7 Å². The zero-order chi connectivity index (χ0) is 26.0. The normalized spacial score (nSPS) is 11.2. The van der Waals surface area contributed by atoms with Crippen molar-refractivity contribution in [2.24, 2.45) is 0 Å². The van der Waals surface area contributed by atoms with Crippen molar-refractivity contribution in [2.75, 3.05) is 19.5 Å². The molecule has 7 nitrogen and oxygen atoms in total. The highest BCUT2D eigenvalue weighted by molar-refractivity contribution is 6.09. The molecule has 0 aliphatic carbocycles. The Kier molecular flexibility index (Phi) is 6.52. The first kappa shape index (κ1) is 24.5. The predicted octanol–water partition coefficient (Wildman–Crippen LogP) is 5.53. The van der Waals surface area contributed by atoms with Crippen LogP contribution in [0.4, 0.5) is 18.9 Å². The molecule has 0 spiro atoms. The molecule has 184 valence electrons. The number of hydrogen-bond acceptors (Lipinski definition) is 6. The zero-order valence-electron chi connectivity index (χ0n) is 18.9. The fraction of sp³-hybridized carbons (Fsp3) is 0.115. The summed E-state index contributed by atoms with van der Waals surface area (Å²) >= 11 is 0. The predicted molar refractivity (Wildman–Crippen MR) is 125 cm³/mol. The second kappa shape index (κ2) is 9.57. The molecule has 3 aromatic carbocycles. The first-order chi connectivity index (χ1) is 17.1. The van der Waals surface area contributed by atoms with E-state index in [1.54, 1.807) is 12.1 Å². The van der Waals surface area contributed by atoms with Gasteiger partial charge in [0.15, 0.2) is 11.0 Å². The van der Waals surface area contributed by atoms with Crippen LogP contribution >= 0.6 is 0 Å². The van der Waals surface area contributed by atoms with E-state index in [9.17, 15) is 27.6 Å². The van der Waals surface area contributed by atoms with Gasteiger partial charge in [-0.2, -0.15) is 13.2 Å². The van der Waals surface area contributed by atoms with Crippen LogP contribution in [0, 0.1) is 0 Å². The van der Waals surface area contributed by atoms with Gasteiger partial charge in [0.05, 0.1) is 30.9 Å². The van der Waals surface area contributed by atoms with E-state index in [4.69, 9.17) is 9.15 Å². The van der Waals surface area contributed by atoms with Crippen molar-refractivity contribution in [3.63, 3.8) is 0 Å². The van der Waals surface area contributed by atoms with E-state index in [0.29, 0.717) is 5.75 Å². The lowest BCUT2D eigenvalue weighted by Gasteiger charge is -2.13. The van der Waals surface area contributed by atoms with Crippen LogP contribution in [-0.2, 0) is 10.9 Å². The van der Waals surface area contributed by atoms with E-state index in [2.05, 4.69) is 10.1 Å². The number of carbonyl (C=O) groups excluding carboxylic acids is 2. The molecule has 36 heavy (non-hydrogen) atoms. The second-order valence-electron chi connectivity index (χ2n) is 7.63. The Bertz CT molecular complexity index is 1520. The van der Waals surface area contributed by atoms with Crippen LogP contribution in [0.15, 0.2) is 75.9 Å². The van der Waals surface area contributed by atoms with E-state index >= 15 is 0 Å². The maximum atomic E-state index is 13.3. The van der Waals surface area contributed by atoms with Gasteiger partial charge in [-0.3, -0.25) is 9.59 Å². The summed E-state index contributed by atoms with van der Waals surface area (Å²) in [6.45, 7) is 0. The third-order valence-electron chi connectivity index (χ3n) is 5.34. The molecule has 0 atom stereocenters. The van der Waals surface area contributed by atoms with Crippen molar-refractivity contribution in [2.45, 2.75) is 6.18 Å². The number of halogens is 3. The Morgan fingerprint density at radius 1 is 0.917 bits per heavy atom. The third kappa shape index (κ3) is 4.92. The molecule has 1 heterocycles. The number of rotatable bonds is 5. The maximum Gasteiger partial charge on any atom is 0.416 e. The molecule has 0 aliphatic heterocycles. The SMILES string of the molecule is COC(=O)c1cc(=O)c2cc(-c3cccc(C(F)(F)F)c3)cc(NC(=O)c3ccc(OC)cc3)c2o1. The van der Waals surface area contributed by atoms with Gasteiger partial charge in [-0.1, -0.05) is 12.1 Å². The number of esters is 1. The number of benzene rings is 3. The molecule has 0 saturated carbocycles. The van der Waals surface area contributed by atoms with Crippen molar-refractivity contribution >= 4 is 28.5 Å². The molecule has 1 aromatic heterocycles. The van der Waals surface area contributed by atoms with E-state index in [0.717, 1.165) is 25.3 Å². The summed E-state index contributed by atoms with van der Waals surface area (Å²) < 4.78 is 55.1. The second-order valence-corrected chi connectivity index (χ2v) is 7.63. The van der Waals surface area contributed by atoms with Crippen LogP contribution in [0.5, 0.6) is 5.75 Å². The number of fused-ring (bicyclic) bond motifs is 1. The standard InChI is InChI=1S/C26H18F3NO6/c1-34-18-8-6-14(7-9-18)24(32)30-20-12-16(15-4-3-5-17(10-15)26(27,28)29)11-19-21(31)13-22(25(33)35-2)36-23(19)20/h3-13H,1-2H3,(H,30,32). The largest absolute Gasteiger partial charge is 0.497 e. The minimum Gasteiger partial charge on any atom is -0.497 e. The number of hydrogen-bond donors (Lipinski definition) is 1. The first-order valence-electron chi connectivity index (χ1n) is 10.4. The number of carbonyl (C=O) groups is 2. The maximum absolute atomic E-state index is 13.3. The highest BCUT2D eigenvalue weighted by Crippen LogP contribution is 2.35. The fourth-order valence-corrected chi connectivity index (χ4v) is 3.53. The monoisotopic (exact) mass is 497 g/mol. The summed E-state index contributed by atoms with van der Waals surface area (Å²) in [5.74, 6) is -1.38. The molecule has 0 saturated heterocycles. The van der Waals surface area contributed by atoms with Crippen LogP contribution in [0.1, 0.15) is 26.5 Å².